The topological polar surface area (TPSA) is 58.2 Å². The van der Waals surface area contributed by atoms with Gasteiger partial charge in [0.2, 0.25) is 11.8 Å². The van der Waals surface area contributed by atoms with E-state index in [-0.39, 0.29) is 24.4 Å². The molecule has 0 unspecified atom stereocenters. The summed E-state index contributed by atoms with van der Waals surface area (Å²) in [6.45, 7) is 1.69. The van der Waals surface area contributed by atoms with Crippen LogP contribution >= 0.6 is 23.2 Å². The van der Waals surface area contributed by atoms with Gasteiger partial charge < -0.3 is 10.6 Å². The van der Waals surface area contributed by atoms with Crippen LogP contribution in [0.15, 0.2) is 54.6 Å². The fraction of sp³-hybridized carbons (Fsp3) is 0.158. The van der Waals surface area contributed by atoms with Gasteiger partial charge in [0.05, 0.1) is 12.6 Å². The zero-order chi connectivity index (χ0) is 18.2. The van der Waals surface area contributed by atoms with Crippen molar-refractivity contribution in [2.45, 2.75) is 13.0 Å². The van der Waals surface area contributed by atoms with E-state index in [0.29, 0.717) is 10.0 Å². The van der Waals surface area contributed by atoms with E-state index in [1.807, 2.05) is 37.3 Å². The van der Waals surface area contributed by atoms with E-state index in [0.717, 1.165) is 11.1 Å². The number of amides is 2. The summed E-state index contributed by atoms with van der Waals surface area (Å²) in [5.41, 5.74) is 1.67. The lowest BCUT2D eigenvalue weighted by Gasteiger charge is -2.16. The molecule has 2 aromatic carbocycles. The van der Waals surface area contributed by atoms with E-state index in [1.54, 1.807) is 24.3 Å². The molecule has 1 atom stereocenters. The van der Waals surface area contributed by atoms with Crippen molar-refractivity contribution in [3.05, 3.63) is 75.8 Å². The molecule has 6 heteroatoms. The second-order valence-electron chi connectivity index (χ2n) is 5.42. The maximum Gasteiger partial charge on any atom is 0.244 e. The molecule has 4 nitrogen and oxygen atoms in total. The van der Waals surface area contributed by atoms with Crippen LogP contribution in [0.4, 0.5) is 0 Å². The first kappa shape index (κ1) is 19.0. The van der Waals surface area contributed by atoms with Gasteiger partial charge in [-0.3, -0.25) is 9.59 Å². The van der Waals surface area contributed by atoms with Crippen LogP contribution in [0.1, 0.15) is 24.1 Å². The van der Waals surface area contributed by atoms with Crippen molar-refractivity contribution in [2.75, 3.05) is 6.54 Å². The standard InChI is InChI=1S/C19H18Cl2N2O2/c1-13(16-9-8-15(20)11-17(16)21)23-19(25)12-22-18(24)10-7-14-5-3-2-4-6-14/h2-11,13H,12H2,1H3,(H,22,24)(H,23,25)/b10-7+/t13-/m1/s1. The SMILES string of the molecule is C[C@@H](NC(=O)CNC(=O)/C=C/c1ccccc1)c1ccc(Cl)cc1Cl. The Morgan fingerprint density at radius 1 is 1.12 bits per heavy atom. The largest absolute Gasteiger partial charge is 0.348 e. The van der Waals surface area contributed by atoms with Crippen LogP contribution in [-0.4, -0.2) is 18.4 Å². The minimum Gasteiger partial charge on any atom is -0.348 e. The van der Waals surface area contributed by atoms with Crippen molar-refractivity contribution in [3.63, 3.8) is 0 Å². The normalized spacial score (nSPS) is 12.0. The molecule has 2 N–H and O–H groups in total. The Labute approximate surface area is 156 Å². The summed E-state index contributed by atoms with van der Waals surface area (Å²) in [5.74, 6) is -0.642. The molecule has 0 aliphatic heterocycles. The molecule has 2 aromatic rings. The molecular formula is C19H18Cl2N2O2. The van der Waals surface area contributed by atoms with Crippen molar-refractivity contribution >= 4 is 41.1 Å². The van der Waals surface area contributed by atoms with Gasteiger partial charge in [-0.25, -0.2) is 0 Å². The molecule has 2 rings (SSSR count). The molecule has 0 fully saturated rings. The van der Waals surface area contributed by atoms with Crippen molar-refractivity contribution in [1.29, 1.82) is 0 Å². The highest BCUT2D eigenvalue weighted by Gasteiger charge is 2.13. The first-order chi connectivity index (χ1) is 12.0. The van der Waals surface area contributed by atoms with Gasteiger partial charge in [-0.1, -0.05) is 59.6 Å². The maximum absolute atomic E-state index is 12.0. The Hall–Kier alpha value is -2.30. The van der Waals surface area contributed by atoms with Crippen molar-refractivity contribution in [3.8, 4) is 0 Å². The Bertz CT molecular complexity index is 776. The lowest BCUT2D eigenvalue weighted by molar-refractivity contribution is -0.124. The molecule has 0 bridgehead atoms. The summed E-state index contributed by atoms with van der Waals surface area (Å²) in [5, 5.41) is 6.34. The molecular weight excluding hydrogens is 359 g/mol. The van der Waals surface area contributed by atoms with E-state index in [1.165, 1.54) is 6.08 Å². The van der Waals surface area contributed by atoms with Crippen LogP contribution in [-0.2, 0) is 9.59 Å². The Morgan fingerprint density at radius 3 is 2.52 bits per heavy atom. The van der Waals surface area contributed by atoms with Gasteiger partial charge in [0.25, 0.3) is 0 Å². The molecule has 0 aliphatic carbocycles. The number of carbonyl (C=O) groups is 2. The lowest BCUT2D eigenvalue weighted by Crippen LogP contribution is -2.37. The average molecular weight is 377 g/mol. The second-order valence-corrected chi connectivity index (χ2v) is 6.26. The van der Waals surface area contributed by atoms with Crippen molar-refractivity contribution in [1.82, 2.24) is 10.6 Å². The van der Waals surface area contributed by atoms with Crippen molar-refractivity contribution < 1.29 is 9.59 Å². The number of rotatable bonds is 6. The minimum absolute atomic E-state index is 0.118. The van der Waals surface area contributed by atoms with Gasteiger partial charge in [0.1, 0.15) is 0 Å². The summed E-state index contributed by atoms with van der Waals surface area (Å²) in [7, 11) is 0. The van der Waals surface area contributed by atoms with Gasteiger partial charge in [-0.05, 0) is 36.3 Å². The maximum atomic E-state index is 12.0. The molecule has 0 aromatic heterocycles. The highest BCUT2D eigenvalue weighted by molar-refractivity contribution is 6.35. The molecule has 0 aliphatic rings. The Balaban J connectivity index is 1.81. The minimum atomic E-state index is -0.337. The van der Waals surface area contributed by atoms with E-state index in [4.69, 9.17) is 23.2 Å². The number of hydrogen-bond acceptors (Lipinski definition) is 2. The first-order valence-electron chi connectivity index (χ1n) is 7.71. The molecule has 0 saturated heterocycles. The van der Waals surface area contributed by atoms with Crippen LogP contribution in [0.3, 0.4) is 0 Å². The highest BCUT2D eigenvalue weighted by atomic mass is 35.5. The van der Waals surface area contributed by atoms with Crippen LogP contribution in [0.2, 0.25) is 10.0 Å². The molecule has 25 heavy (non-hydrogen) atoms. The summed E-state index contributed by atoms with van der Waals surface area (Å²) in [4.78, 5) is 23.7. The molecule has 0 radical (unpaired) electrons. The Morgan fingerprint density at radius 2 is 1.84 bits per heavy atom. The first-order valence-corrected chi connectivity index (χ1v) is 8.46. The van der Waals surface area contributed by atoms with Gasteiger partial charge in [0.15, 0.2) is 0 Å². The smallest absolute Gasteiger partial charge is 0.244 e. The van der Waals surface area contributed by atoms with Gasteiger partial charge in [0, 0.05) is 16.1 Å². The fourth-order valence-corrected chi connectivity index (χ4v) is 2.76. The highest BCUT2D eigenvalue weighted by Crippen LogP contribution is 2.25. The summed E-state index contributed by atoms with van der Waals surface area (Å²) in [6, 6.07) is 14.2. The molecule has 130 valence electrons. The second kappa shape index (κ2) is 9.25. The van der Waals surface area contributed by atoms with E-state index >= 15 is 0 Å². The van der Waals surface area contributed by atoms with Crippen LogP contribution in [0, 0.1) is 0 Å². The van der Waals surface area contributed by atoms with Gasteiger partial charge in [-0.15, -0.1) is 0 Å². The summed E-state index contributed by atoms with van der Waals surface area (Å²) < 4.78 is 0. The summed E-state index contributed by atoms with van der Waals surface area (Å²) in [6.07, 6.45) is 3.07. The fourth-order valence-electron chi connectivity index (χ4n) is 2.19. The van der Waals surface area contributed by atoms with Gasteiger partial charge >= 0.3 is 0 Å². The Kier molecular flexibility index (Phi) is 7.04. The van der Waals surface area contributed by atoms with Crippen molar-refractivity contribution in [2.24, 2.45) is 0 Å². The number of carbonyl (C=O) groups excluding carboxylic acids is 2. The third-order valence-corrected chi connectivity index (χ3v) is 4.02. The van der Waals surface area contributed by atoms with Crippen LogP contribution in [0.5, 0.6) is 0 Å². The zero-order valence-corrected chi connectivity index (χ0v) is 15.1. The number of hydrogen-bond donors (Lipinski definition) is 2. The zero-order valence-electron chi connectivity index (χ0n) is 13.6. The number of halogens is 2. The predicted octanol–water partition coefficient (Wildman–Crippen LogP) is 4.00. The molecule has 0 saturated carbocycles. The van der Waals surface area contributed by atoms with E-state index in [2.05, 4.69) is 10.6 Å². The monoisotopic (exact) mass is 376 g/mol. The average Bonchev–Trinajstić information content (AvgIpc) is 2.59. The van der Waals surface area contributed by atoms with E-state index in [9.17, 15) is 9.59 Å². The molecule has 0 heterocycles. The predicted molar refractivity (Wildman–Crippen MR) is 102 cm³/mol. The summed E-state index contributed by atoms with van der Waals surface area (Å²) >= 11 is 12.0. The molecule has 2 amide bonds. The third kappa shape index (κ3) is 6.25. The number of benzene rings is 2. The van der Waals surface area contributed by atoms with Crippen LogP contribution < -0.4 is 10.6 Å². The van der Waals surface area contributed by atoms with Gasteiger partial charge in [-0.2, -0.15) is 0 Å². The molecule has 0 spiro atoms. The third-order valence-electron chi connectivity index (χ3n) is 3.46. The lowest BCUT2D eigenvalue weighted by atomic mass is 10.1. The quantitative estimate of drug-likeness (QED) is 0.748. The van der Waals surface area contributed by atoms with Crippen LogP contribution in [0.25, 0.3) is 6.08 Å². The number of nitrogens with one attached hydrogen (secondary N) is 2. The van der Waals surface area contributed by atoms with E-state index < -0.39 is 0 Å².